The number of imidazole rings is 1. The Bertz CT molecular complexity index is 1280. The van der Waals surface area contributed by atoms with E-state index in [9.17, 15) is 5.11 Å². The van der Waals surface area contributed by atoms with Gasteiger partial charge >= 0.3 is 0 Å². The number of aryl methyl sites for hydroxylation is 1. The van der Waals surface area contributed by atoms with E-state index < -0.39 is 11.6 Å². The van der Waals surface area contributed by atoms with Gasteiger partial charge in [0.25, 0.3) is 0 Å². The van der Waals surface area contributed by atoms with Crippen LogP contribution in [-0.2, 0) is 5.54 Å². The van der Waals surface area contributed by atoms with Crippen molar-refractivity contribution in [2.75, 3.05) is 0 Å². The van der Waals surface area contributed by atoms with Gasteiger partial charge in [0.05, 0.1) is 12.0 Å². The molecule has 0 saturated heterocycles. The van der Waals surface area contributed by atoms with Crippen LogP contribution in [0.25, 0.3) is 0 Å². The molecule has 34 heavy (non-hydrogen) atoms. The number of benzene rings is 4. The van der Waals surface area contributed by atoms with Crippen LogP contribution < -0.4 is 0 Å². The van der Waals surface area contributed by atoms with Crippen molar-refractivity contribution in [3.63, 3.8) is 0 Å². The summed E-state index contributed by atoms with van der Waals surface area (Å²) in [6, 6.07) is 37.5. The van der Waals surface area contributed by atoms with Crippen molar-refractivity contribution in [2.24, 2.45) is 0 Å². The summed E-state index contributed by atoms with van der Waals surface area (Å²) in [4.78, 5) is 4.72. The lowest BCUT2D eigenvalue weighted by Crippen LogP contribution is -2.37. The number of aliphatic hydroxyl groups excluding tert-OH is 1. The van der Waals surface area contributed by atoms with Crippen molar-refractivity contribution < 1.29 is 5.11 Å². The summed E-state index contributed by atoms with van der Waals surface area (Å²) < 4.78 is 2.14. The monoisotopic (exact) mass is 444 g/mol. The molecular formula is C31H28N2O. The van der Waals surface area contributed by atoms with Crippen molar-refractivity contribution in [3.8, 4) is 0 Å². The predicted molar refractivity (Wildman–Crippen MR) is 137 cm³/mol. The normalized spacial score (nSPS) is 12.4. The van der Waals surface area contributed by atoms with Gasteiger partial charge in [-0.05, 0) is 47.2 Å². The first-order valence-electron chi connectivity index (χ1n) is 11.6. The minimum atomic E-state index is -0.804. The van der Waals surface area contributed by atoms with Gasteiger partial charge in [-0.2, -0.15) is 0 Å². The largest absolute Gasteiger partial charge is 0.382 e. The van der Waals surface area contributed by atoms with Crippen molar-refractivity contribution >= 4 is 0 Å². The third kappa shape index (κ3) is 3.64. The maximum absolute atomic E-state index is 11.3. The highest BCUT2D eigenvalue weighted by atomic mass is 16.3. The van der Waals surface area contributed by atoms with Crippen molar-refractivity contribution in [1.29, 1.82) is 0 Å². The highest BCUT2D eigenvalue weighted by Gasteiger charge is 2.38. The second-order valence-electron chi connectivity index (χ2n) is 8.71. The van der Waals surface area contributed by atoms with E-state index in [1.165, 1.54) is 0 Å². The van der Waals surface area contributed by atoms with Gasteiger partial charge in [-0.25, -0.2) is 4.98 Å². The molecule has 1 atom stereocenters. The summed E-state index contributed by atoms with van der Waals surface area (Å²) in [7, 11) is 0. The van der Waals surface area contributed by atoms with Crippen LogP contribution in [0.2, 0.25) is 0 Å². The lowest BCUT2D eigenvalue weighted by molar-refractivity contribution is 0.215. The van der Waals surface area contributed by atoms with Gasteiger partial charge in [0.1, 0.15) is 11.6 Å². The lowest BCUT2D eigenvalue weighted by Gasteiger charge is -2.37. The summed E-state index contributed by atoms with van der Waals surface area (Å²) in [5, 5.41) is 11.3. The average Bonchev–Trinajstić information content (AvgIpc) is 3.38. The summed E-state index contributed by atoms with van der Waals surface area (Å²) >= 11 is 0. The van der Waals surface area contributed by atoms with Crippen LogP contribution in [0, 0.1) is 13.8 Å². The topological polar surface area (TPSA) is 38.0 Å². The SMILES string of the molecule is Cc1cccc(C(O)c2cn(C(c3ccccc3)(c3ccccc3)c3ccccc3)cn2)c1C. The van der Waals surface area contributed by atoms with Gasteiger partial charge < -0.3 is 9.67 Å². The second-order valence-corrected chi connectivity index (χ2v) is 8.71. The van der Waals surface area contributed by atoms with E-state index in [1.807, 2.05) is 49.8 Å². The van der Waals surface area contributed by atoms with Crippen LogP contribution in [0.15, 0.2) is 122 Å². The smallest absolute Gasteiger partial charge is 0.123 e. The first-order chi connectivity index (χ1) is 16.6. The second kappa shape index (κ2) is 9.12. The fourth-order valence-electron chi connectivity index (χ4n) is 4.88. The Morgan fingerprint density at radius 1 is 0.676 bits per heavy atom. The first kappa shape index (κ1) is 21.9. The maximum atomic E-state index is 11.3. The van der Waals surface area contributed by atoms with Crippen LogP contribution in [-0.4, -0.2) is 14.7 Å². The Hall–Kier alpha value is -3.95. The van der Waals surface area contributed by atoms with Gasteiger partial charge in [0.15, 0.2) is 0 Å². The van der Waals surface area contributed by atoms with Crippen LogP contribution in [0.3, 0.4) is 0 Å². The standard InChI is InChI=1S/C31H28N2O/c1-23-13-12-20-28(24(23)2)30(34)29-21-33(22-32-29)31(25-14-6-3-7-15-25,26-16-8-4-9-17-26)27-18-10-5-11-19-27/h3-22,30,34H,1-2H3. The molecule has 168 valence electrons. The van der Waals surface area contributed by atoms with E-state index in [0.29, 0.717) is 5.69 Å². The number of aromatic nitrogens is 2. The van der Waals surface area contributed by atoms with Gasteiger partial charge in [0, 0.05) is 6.20 Å². The van der Waals surface area contributed by atoms with Gasteiger partial charge in [-0.15, -0.1) is 0 Å². The Labute approximate surface area is 201 Å². The molecule has 0 aliphatic rings. The van der Waals surface area contributed by atoms with E-state index in [2.05, 4.69) is 90.4 Å². The Morgan fingerprint density at radius 2 is 1.18 bits per heavy atom. The zero-order valence-electron chi connectivity index (χ0n) is 19.5. The first-order valence-corrected chi connectivity index (χ1v) is 11.6. The van der Waals surface area contributed by atoms with Crippen LogP contribution in [0.1, 0.15) is 45.2 Å². The summed E-state index contributed by atoms with van der Waals surface area (Å²) in [6.07, 6.45) is 3.03. The van der Waals surface area contributed by atoms with E-state index in [1.54, 1.807) is 0 Å². The predicted octanol–water partition coefficient (Wildman–Crippen LogP) is 6.42. The minimum absolute atomic E-state index is 0.626. The molecule has 4 aromatic carbocycles. The zero-order valence-corrected chi connectivity index (χ0v) is 19.5. The third-order valence-corrected chi connectivity index (χ3v) is 6.79. The summed E-state index contributed by atoms with van der Waals surface area (Å²) in [5.74, 6) is 0. The third-order valence-electron chi connectivity index (χ3n) is 6.79. The van der Waals surface area contributed by atoms with Gasteiger partial charge in [-0.3, -0.25) is 0 Å². The molecule has 3 nitrogen and oxygen atoms in total. The summed E-state index contributed by atoms with van der Waals surface area (Å²) in [5.41, 5.74) is 6.48. The minimum Gasteiger partial charge on any atom is -0.382 e. The number of hydrogen-bond acceptors (Lipinski definition) is 2. The highest BCUT2D eigenvalue weighted by molar-refractivity contribution is 5.51. The quantitative estimate of drug-likeness (QED) is 0.307. The van der Waals surface area contributed by atoms with Gasteiger partial charge in [-0.1, -0.05) is 109 Å². The maximum Gasteiger partial charge on any atom is 0.123 e. The molecule has 0 aliphatic carbocycles. The van der Waals surface area contributed by atoms with Crippen molar-refractivity contribution in [3.05, 3.63) is 161 Å². The lowest BCUT2D eigenvalue weighted by atomic mass is 9.77. The molecule has 0 bridgehead atoms. The average molecular weight is 445 g/mol. The van der Waals surface area contributed by atoms with E-state index >= 15 is 0 Å². The molecule has 1 aromatic heterocycles. The Kier molecular flexibility index (Phi) is 5.87. The van der Waals surface area contributed by atoms with Gasteiger partial charge in [0.2, 0.25) is 0 Å². The molecule has 5 aromatic rings. The van der Waals surface area contributed by atoms with Crippen molar-refractivity contribution in [1.82, 2.24) is 9.55 Å². The van der Waals surface area contributed by atoms with Crippen molar-refractivity contribution in [2.45, 2.75) is 25.5 Å². The Morgan fingerprint density at radius 3 is 1.68 bits per heavy atom. The van der Waals surface area contributed by atoms with Crippen LogP contribution in [0.4, 0.5) is 0 Å². The molecule has 0 saturated carbocycles. The molecule has 0 radical (unpaired) electrons. The molecule has 0 aliphatic heterocycles. The molecule has 1 unspecified atom stereocenters. The number of aliphatic hydroxyl groups is 1. The molecule has 0 spiro atoms. The van der Waals surface area contributed by atoms with E-state index in [0.717, 1.165) is 33.4 Å². The zero-order chi connectivity index (χ0) is 23.5. The van der Waals surface area contributed by atoms with Crippen LogP contribution >= 0.6 is 0 Å². The molecule has 3 heteroatoms. The highest BCUT2D eigenvalue weighted by Crippen LogP contribution is 2.41. The molecule has 1 N–H and O–H groups in total. The fraction of sp³-hybridized carbons (Fsp3) is 0.129. The van der Waals surface area contributed by atoms with E-state index in [4.69, 9.17) is 4.98 Å². The van der Waals surface area contributed by atoms with E-state index in [-0.39, 0.29) is 0 Å². The van der Waals surface area contributed by atoms with Crippen LogP contribution in [0.5, 0.6) is 0 Å². The molecule has 0 fully saturated rings. The number of rotatable bonds is 6. The molecule has 0 amide bonds. The number of hydrogen-bond donors (Lipinski definition) is 1. The molecular weight excluding hydrogens is 416 g/mol. The number of nitrogens with zero attached hydrogens (tertiary/aromatic N) is 2. The Balaban J connectivity index is 1.75. The fourth-order valence-corrected chi connectivity index (χ4v) is 4.88. The summed E-state index contributed by atoms with van der Waals surface area (Å²) in [6.45, 7) is 4.11. The molecule has 5 rings (SSSR count). The molecule has 1 heterocycles.